The highest BCUT2D eigenvalue weighted by atomic mass is 16.6. The number of hydrogen-bond donors (Lipinski definition) is 1. The van der Waals surface area contributed by atoms with Gasteiger partial charge in [-0.3, -0.25) is 0 Å². The maximum absolute atomic E-state index is 5.71. The van der Waals surface area contributed by atoms with E-state index in [2.05, 4.69) is 5.16 Å². The topological polar surface area (TPSA) is 47.6 Å². The molecular weight excluding hydrogens is 164 g/mol. The molecule has 1 aromatic rings. The molecule has 1 atom stereocenters. The summed E-state index contributed by atoms with van der Waals surface area (Å²) < 4.78 is 0. The van der Waals surface area contributed by atoms with Gasteiger partial charge in [0.1, 0.15) is 6.61 Å². The lowest BCUT2D eigenvalue weighted by Crippen LogP contribution is -2.07. The molecule has 2 N–H and O–H groups in total. The number of oxime groups is 1. The van der Waals surface area contributed by atoms with E-state index in [1.54, 1.807) is 0 Å². The molecule has 3 heteroatoms. The molecule has 0 fully saturated rings. The standard InChI is InChI=1S/C10H10N2O/c11-8-1-2-9-6(4-8)3-7-5-13-12-10(7)9/h1-2,4,7H,3,5,11H2. The Morgan fingerprint density at radius 1 is 1.46 bits per heavy atom. The van der Waals surface area contributed by atoms with Crippen LogP contribution >= 0.6 is 0 Å². The van der Waals surface area contributed by atoms with Crippen LogP contribution in [-0.4, -0.2) is 12.3 Å². The molecule has 3 rings (SSSR count). The Morgan fingerprint density at radius 3 is 3.31 bits per heavy atom. The van der Waals surface area contributed by atoms with Crippen molar-refractivity contribution in [2.45, 2.75) is 6.42 Å². The van der Waals surface area contributed by atoms with Crippen molar-refractivity contribution in [3.05, 3.63) is 29.3 Å². The second-order valence-electron chi connectivity index (χ2n) is 3.59. The number of hydrogen-bond acceptors (Lipinski definition) is 3. The summed E-state index contributed by atoms with van der Waals surface area (Å²) >= 11 is 0. The van der Waals surface area contributed by atoms with E-state index in [4.69, 9.17) is 10.6 Å². The van der Waals surface area contributed by atoms with E-state index in [-0.39, 0.29) is 0 Å². The van der Waals surface area contributed by atoms with Gasteiger partial charge in [-0.05, 0) is 24.1 Å². The molecule has 1 aliphatic carbocycles. The molecule has 1 aromatic carbocycles. The van der Waals surface area contributed by atoms with E-state index in [9.17, 15) is 0 Å². The molecule has 1 unspecified atom stereocenters. The predicted octanol–water partition coefficient (Wildman–Crippen LogP) is 1.18. The van der Waals surface area contributed by atoms with Crippen molar-refractivity contribution < 1.29 is 4.84 Å². The Kier molecular flexibility index (Phi) is 1.20. The molecule has 66 valence electrons. The van der Waals surface area contributed by atoms with Crippen molar-refractivity contribution in [1.82, 2.24) is 0 Å². The number of anilines is 1. The minimum atomic E-state index is 0.469. The summed E-state index contributed by atoms with van der Waals surface area (Å²) in [5.74, 6) is 0.469. The molecule has 1 aliphatic heterocycles. The van der Waals surface area contributed by atoms with Crippen molar-refractivity contribution >= 4 is 11.4 Å². The average Bonchev–Trinajstić information content (AvgIpc) is 2.62. The maximum atomic E-state index is 5.71. The summed E-state index contributed by atoms with van der Waals surface area (Å²) in [7, 11) is 0. The fourth-order valence-electron chi connectivity index (χ4n) is 2.07. The normalized spacial score (nSPS) is 23.4. The quantitative estimate of drug-likeness (QED) is 0.600. The van der Waals surface area contributed by atoms with E-state index < -0.39 is 0 Å². The third-order valence-corrected chi connectivity index (χ3v) is 2.70. The molecule has 2 aliphatic rings. The van der Waals surface area contributed by atoms with E-state index in [0.29, 0.717) is 5.92 Å². The molecule has 0 bridgehead atoms. The van der Waals surface area contributed by atoms with Crippen LogP contribution in [0.25, 0.3) is 0 Å². The minimum absolute atomic E-state index is 0.469. The third-order valence-electron chi connectivity index (χ3n) is 2.70. The van der Waals surface area contributed by atoms with Gasteiger partial charge in [-0.2, -0.15) is 0 Å². The van der Waals surface area contributed by atoms with Gasteiger partial charge >= 0.3 is 0 Å². The number of nitrogens with two attached hydrogens (primary N) is 1. The average molecular weight is 174 g/mol. The van der Waals surface area contributed by atoms with Gasteiger partial charge < -0.3 is 10.6 Å². The first-order valence-corrected chi connectivity index (χ1v) is 4.43. The van der Waals surface area contributed by atoms with Crippen LogP contribution < -0.4 is 5.73 Å². The Balaban J connectivity index is 2.17. The molecule has 13 heavy (non-hydrogen) atoms. The number of nitrogen functional groups attached to an aromatic ring is 1. The first-order chi connectivity index (χ1) is 6.34. The fourth-order valence-corrected chi connectivity index (χ4v) is 2.07. The fraction of sp³-hybridized carbons (Fsp3) is 0.300. The van der Waals surface area contributed by atoms with Crippen LogP contribution in [0.2, 0.25) is 0 Å². The van der Waals surface area contributed by atoms with E-state index in [0.717, 1.165) is 24.4 Å². The highest BCUT2D eigenvalue weighted by Gasteiger charge is 2.33. The van der Waals surface area contributed by atoms with Gasteiger partial charge in [0.05, 0.1) is 5.71 Å². The molecule has 0 aromatic heterocycles. The Labute approximate surface area is 76.2 Å². The SMILES string of the molecule is Nc1ccc2c(c1)CC1CON=C21. The largest absolute Gasteiger partial charge is 0.399 e. The zero-order chi connectivity index (χ0) is 8.84. The van der Waals surface area contributed by atoms with Gasteiger partial charge in [0, 0.05) is 17.2 Å². The summed E-state index contributed by atoms with van der Waals surface area (Å²) in [6, 6.07) is 6.00. The van der Waals surface area contributed by atoms with Crippen LogP contribution in [0.3, 0.4) is 0 Å². The third kappa shape index (κ3) is 0.869. The highest BCUT2D eigenvalue weighted by Crippen LogP contribution is 2.32. The molecule has 0 saturated heterocycles. The predicted molar refractivity (Wildman–Crippen MR) is 50.5 cm³/mol. The lowest BCUT2D eigenvalue weighted by molar-refractivity contribution is 0.154. The van der Waals surface area contributed by atoms with Gasteiger partial charge in [-0.25, -0.2) is 0 Å². The van der Waals surface area contributed by atoms with Crippen molar-refractivity contribution in [3.63, 3.8) is 0 Å². The number of nitrogens with zero attached hydrogens (tertiary/aromatic N) is 1. The van der Waals surface area contributed by atoms with Gasteiger partial charge in [-0.1, -0.05) is 11.2 Å². The van der Waals surface area contributed by atoms with Crippen LogP contribution in [-0.2, 0) is 11.3 Å². The van der Waals surface area contributed by atoms with E-state index in [1.807, 2.05) is 18.2 Å². The number of benzene rings is 1. The molecule has 0 amide bonds. The Hall–Kier alpha value is -1.51. The zero-order valence-electron chi connectivity index (χ0n) is 7.16. The van der Waals surface area contributed by atoms with Crippen LogP contribution in [0.1, 0.15) is 11.1 Å². The van der Waals surface area contributed by atoms with Gasteiger partial charge in [0.2, 0.25) is 0 Å². The molecule has 0 spiro atoms. The lowest BCUT2D eigenvalue weighted by atomic mass is 10.1. The minimum Gasteiger partial charge on any atom is -0.399 e. The Bertz CT molecular complexity index is 398. The monoisotopic (exact) mass is 174 g/mol. The number of fused-ring (bicyclic) bond motifs is 3. The molecular formula is C10H10N2O. The first-order valence-electron chi connectivity index (χ1n) is 4.43. The van der Waals surface area contributed by atoms with Crippen LogP contribution in [0.15, 0.2) is 23.4 Å². The smallest absolute Gasteiger partial charge is 0.126 e. The van der Waals surface area contributed by atoms with Crippen LogP contribution in [0.5, 0.6) is 0 Å². The van der Waals surface area contributed by atoms with Crippen molar-refractivity contribution in [2.75, 3.05) is 12.3 Å². The highest BCUT2D eigenvalue weighted by molar-refractivity contribution is 6.06. The van der Waals surface area contributed by atoms with Crippen LogP contribution in [0.4, 0.5) is 5.69 Å². The molecule has 3 nitrogen and oxygen atoms in total. The van der Waals surface area contributed by atoms with Crippen LogP contribution in [0, 0.1) is 5.92 Å². The summed E-state index contributed by atoms with van der Waals surface area (Å²) in [5.41, 5.74) is 10.2. The zero-order valence-corrected chi connectivity index (χ0v) is 7.16. The second kappa shape index (κ2) is 2.25. The lowest BCUT2D eigenvalue weighted by Gasteiger charge is -1.99. The molecule has 1 heterocycles. The number of rotatable bonds is 0. The van der Waals surface area contributed by atoms with Gasteiger partial charge in [0.15, 0.2) is 0 Å². The van der Waals surface area contributed by atoms with Crippen molar-refractivity contribution in [1.29, 1.82) is 0 Å². The summed E-state index contributed by atoms with van der Waals surface area (Å²) in [6.45, 7) is 0.726. The summed E-state index contributed by atoms with van der Waals surface area (Å²) in [6.07, 6.45) is 1.03. The van der Waals surface area contributed by atoms with Gasteiger partial charge in [-0.15, -0.1) is 0 Å². The van der Waals surface area contributed by atoms with Gasteiger partial charge in [0.25, 0.3) is 0 Å². The maximum Gasteiger partial charge on any atom is 0.126 e. The van der Waals surface area contributed by atoms with E-state index >= 15 is 0 Å². The Morgan fingerprint density at radius 2 is 2.38 bits per heavy atom. The second-order valence-corrected chi connectivity index (χ2v) is 3.59. The summed E-state index contributed by atoms with van der Waals surface area (Å²) in [4.78, 5) is 5.06. The van der Waals surface area contributed by atoms with Crippen molar-refractivity contribution in [2.24, 2.45) is 11.1 Å². The van der Waals surface area contributed by atoms with Crippen molar-refractivity contribution in [3.8, 4) is 0 Å². The summed E-state index contributed by atoms with van der Waals surface area (Å²) in [5, 5.41) is 4.04. The molecule has 0 radical (unpaired) electrons. The first kappa shape index (κ1) is 6.95. The van der Waals surface area contributed by atoms with E-state index in [1.165, 1.54) is 11.1 Å². The molecule has 0 saturated carbocycles.